The van der Waals surface area contributed by atoms with Gasteiger partial charge in [0.25, 0.3) is 11.8 Å². The lowest BCUT2D eigenvalue weighted by Crippen LogP contribution is -2.54. The van der Waals surface area contributed by atoms with Crippen LogP contribution in [-0.2, 0) is 14.3 Å². The van der Waals surface area contributed by atoms with Gasteiger partial charge in [-0.25, -0.2) is 4.79 Å². The van der Waals surface area contributed by atoms with Crippen LogP contribution in [0.3, 0.4) is 0 Å². The number of carbonyl (C=O) groups is 5. The topological polar surface area (TPSA) is 125 Å². The molecule has 39 heavy (non-hydrogen) atoms. The zero-order valence-electron chi connectivity index (χ0n) is 23.2. The second-order valence-corrected chi connectivity index (χ2v) is 12.7. The summed E-state index contributed by atoms with van der Waals surface area (Å²) in [7, 11) is 1.83. The number of fused-ring (bicyclic) bond motifs is 1. The van der Waals surface area contributed by atoms with Gasteiger partial charge in [0.05, 0.1) is 11.1 Å². The highest BCUT2D eigenvalue weighted by Crippen LogP contribution is 2.55. The third-order valence-electron chi connectivity index (χ3n) is 8.74. The molecular formula is C29H38N4O6. The first-order valence-electron chi connectivity index (χ1n) is 13.9. The molecule has 0 bridgehead atoms. The number of nitrogens with one attached hydrogen (secondary N) is 2. The number of anilines is 1. The largest absolute Gasteiger partial charge is 0.444 e. The quantitative estimate of drug-likeness (QED) is 0.548. The number of amides is 5. The summed E-state index contributed by atoms with van der Waals surface area (Å²) in [6.45, 7) is 6.33. The summed E-state index contributed by atoms with van der Waals surface area (Å²) in [5.74, 6) is -1.53. The van der Waals surface area contributed by atoms with Gasteiger partial charge in [-0.3, -0.25) is 29.4 Å². The molecule has 1 aromatic rings. The third kappa shape index (κ3) is 5.25. The summed E-state index contributed by atoms with van der Waals surface area (Å²) in [6.07, 6.45) is 6.24. The Labute approximate surface area is 228 Å². The number of hydrogen-bond acceptors (Lipinski definition) is 7. The summed E-state index contributed by atoms with van der Waals surface area (Å²) < 4.78 is 5.53. The van der Waals surface area contributed by atoms with E-state index in [-0.39, 0.29) is 30.5 Å². The van der Waals surface area contributed by atoms with Crippen molar-refractivity contribution in [1.82, 2.24) is 15.1 Å². The SMILES string of the molecule is CN(C(=O)OC(C)(C)C)[C@H]1CCC2(CC1)C[C@@H](CNc1cccc3c1C(=O)N(C1CCC(=O)NC1=O)C3=O)C2. The molecule has 1 atom stereocenters. The first kappa shape index (κ1) is 27.1. The molecule has 2 saturated carbocycles. The predicted molar refractivity (Wildman–Crippen MR) is 143 cm³/mol. The van der Waals surface area contributed by atoms with Crippen LogP contribution in [-0.4, -0.2) is 70.8 Å². The lowest BCUT2D eigenvalue weighted by molar-refractivity contribution is -0.136. The Hall–Kier alpha value is -3.43. The van der Waals surface area contributed by atoms with Gasteiger partial charge in [-0.1, -0.05) is 6.07 Å². The van der Waals surface area contributed by atoms with Gasteiger partial charge in [0.15, 0.2) is 0 Å². The Morgan fingerprint density at radius 1 is 1.10 bits per heavy atom. The fraction of sp³-hybridized carbons (Fsp3) is 0.621. The summed E-state index contributed by atoms with van der Waals surface area (Å²) in [5, 5.41) is 5.63. The van der Waals surface area contributed by atoms with Crippen LogP contribution in [0.2, 0.25) is 0 Å². The van der Waals surface area contributed by atoms with Crippen LogP contribution >= 0.6 is 0 Å². The van der Waals surface area contributed by atoms with Crippen molar-refractivity contribution in [2.75, 3.05) is 18.9 Å². The average Bonchev–Trinajstić information content (AvgIpc) is 3.10. The van der Waals surface area contributed by atoms with Crippen LogP contribution in [0, 0.1) is 11.3 Å². The van der Waals surface area contributed by atoms with E-state index in [0.29, 0.717) is 29.1 Å². The van der Waals surface area contributed by atoms with Gasteiger partial charge in [-0.05, 0) is 89.2 Å². The third-order valence-corrected chi connectivity index (χ3v) is 8.74. The number of nitrogens with zero attached hydrogens (tertiary/aromatic N) is 2. The lowest BCUT2D eigenvalue weighted by atomic mass is 9.55. The molecule has 210 valence electrons. The molecule has 2 aliphatic carbocycles. The molecule has 2 aliphatic heterocycles. The van der Waals surface area contributed by atoms with Gasteiger partial charge in [0.1, 0.15) is 11.6 Å². The van der Waals surface area contributed by atoms with Crippen molar-refractivity contribution < 1.29 is 28.7 Å². The lowest BCUT2D eigenvalue weighted by Gasteiger charge is -2.52. The van der Waals surface area contributed by atoms with E-state index in [1.165, 1.54) is 0 Å². The monoisotopic (exact) mass is 538 g/mol. The first-order valence-corrected chi connectivity index (χ1v) is 13.9. The zero-order valence-corrected chi connectivity index (χ0v) is 23.2. The number of imide groups is 2. The molecule has 0 radical (unpaired) electrons. The van der Waals surface area contributed by atoms with E-state index in [2.05, 4.69) is 10.6 Å². The maximum absolute atomic E-state index is 13.3. The maximum Gasteiger partial charge on any atom is 0.410 e. The van der Waals surface area contributed by atoms with Crippen molar-refractivity contribution in [1.29, 1.82) is 0 Å². The molecule has 10 nitrogen and oxygen atoms in total. The molecule has 2 heterocycles. The Balaban J connectivity index is 1.15. The zero-order chi connectivity index (χ0) is 28.1. The molecule has 1 spiro atoms. The van der Waals surface area contributed by atoms with E-state index in [4.69, 9.17) is 4.74 Å². The Morgan fingerprint density at radius 2 is 1.79 bits per heavy atom. The number of ether oxygens (including phenoxy) is 1. The van der Waals surface area contributed by atoms with Crippen molar-refractivity contribution >= 4 is 35.4 Å². The fourth-order valence-electron chi connectivity index (χ4n) is 6.72. The van der Waals surface area contributed by atoms with Crippen LogP contribution in [0.4, 0.5) is 10.5 Å². The molecule has 2 N–H and O–H groups in total. The predicted octanol–water partition coefficient (Wildman–Crippen LogP) is 3.71. The maximum atomic E-state index is 13.3. The van der Waals surface area contributed by atoms with Gasteiger partial charge in [0, 0.05) is 31.7 Å². The number of benzene rings is 1. The highest BCUT2D eigenvalue weighted by atomic mass is 16.6. The molecule has 1 aromatic carbocycles. The molecule has 5 rings (SSSR count). The number of piperidine rings is 1. The minimum Gasteiger partial charge on any atom is -0.444 e. The number of hydrogen-bond donors (Lipinski definition) is 2. The van der Waals surface area contributed by atoms with Gasteiger partial charge in [-0.2, -0.15) is 0 Å². The molecule has 5 amide bonds. The minimum absolute atomic E-state index is 0.0936. The molecule has 1 saturated heterocycles. The van der Waals surface area contributed by atoms with Crippen LogP contribution in [0.5, 0.6) is 0 Å². The average molecular weight is 539 g/mol. The first-order chi connectivity index (χ1) is 18.4. The second-order valence-electron chi connectivity index (χ2n) is 12.7. The normalized spacial score (nSPS) is 28.6. The summed E-state index contributed by atoms with van der Waals surface area (Å²) in [4.78, 5) is 65.4. The van der Waals surface area contributed by atoms with Gasteiger partial charge >= 0.3 is 6.09 Å². The second kappa shape index (κ2) is 9.95. The highest BCUT2D eigenvalue weighted by molar-refractivity contribution is 6.25. The van der Waals surface area contributed by atoms with Crippen LogP contribution in [0.1, 0.15) is 92.9 Å². The van der Waals surface area contributed by atoms with Gasteiger partial charge in [0.2, 0.25) is 11.8 Å². The molecule has 4 aliphatic rings. The van der Waals surface area contributed by atoms with Crippen molar-refractivity contribution in [3.8, 4) is 0 Å². The van der Waals surface area contributed by atoms with Crippen molar-refractivity contribution in [2.24, 2.45) is 11.3 Å². The van der Waals surface area contributed by atoms with Gasteiger partial charge in [-0.15, -0.1) is 0 Å². The number of carbonyl (C=O) groups excluding carboxylic acids is 5. The van der Waals surface area contributed by atoms with Crippen LogP contribution in [0.15, 0.2) is 18.2 Å². The molecular weight excluding hydrogens is 500 g/mol. The summed E-state index contributed by atoms with van der Waals surface area (Å²) in [5.41, 5.74) is 0.989. The van der Waals surface area contributed by atoms with Crippen LogP contribution in [0.25, 0.3) is 0 Å². The van der Waals surface area contributed by atoms with E-state index in [1.54, 1.807) is 23.1 Å². The molecule has 0 aromatic heterocycles. The molecule has 10 heteroatoms. The molecule has 1 unspecified atom stereocenters. The summed E-state index contributed by atoms with van der Waals surface area (Å²) >= 11 is 0. The van der Waals surface area contributed by atoms with E-state index in [1.807, 2.05) is 27.8 Å². The van der Waals surface area contributed by atoms with Gasteiger partial charge < -0.3 is 15.0 Å². The highest BCUT2D eigenvalue weighted by Gasteiger charge is 2.48. The van der Waals surface area contributed by atoms with E-state index in [9.17, 15) is 24.0 Å². The van der Waals surface area contributed by atoms with Crippen LogP contribution < -0.4 is 10.6 Å². The Kier molecular flexibility index (Phi) is 6.93. The van der Waals surface area contributed by atoms with E-state index < -0.39 is 35.3 Å². The number of rotatable bonds is 5. The van der Waals surface area contributed by atoms with Crippen molar-refractivity contribution in [3.05, 3.63) is 29.3 Å². The van der Waals surface area contributed by atoms with E-state index >= 15 is 0 Å². The Morgan fingerprint density at radius 3 is 2.44 bits per heavy atom. The van der Waals surface area contributed by atoms with Crippen molar-refractivity contribution in [3.63, 3.8) is 0 Å². The Bertz CT molecular complexity index is 1200. The standard InChI is InChI=1S/C29H38N4O6/c1-28(2,3)39-27(38)32(4)18-10-12-29(13-11-18)14-17(15-29)16-30-20-7-5-6-19-23(20)26(37)33(25(19)36)21-8-9-22(34)31-24(21)35/h5-7,17-18,21,30H,8-16H2,1-4H3,(H,31,34,35)/t17-,18-,21?,29?. The summed E-state index contributed by atoms with van der Waals surface area (Å²) in [6, 6.07) is 4.37. The minimum atomic E-state index is -0.973. The molecule has 3 fully saturated rings. The fourth-order valence-corrected chi connectivity index (χ4v) is 6.72. The smallest absolute Gasteiger partial charge is 0.410 e. The van der Waals surface area contributed by atoms with E-state index in [0.717, 1.165) is 43.4 Å². The van der Waals surface area contributed by atoms with Crippen molar-refractivity contribution in [2.45, 2.75) is 89.8 Å².